The monoisotopic (exact) mass is 270 g/mol. The van der Waals surface area contributed by atoms with E-state index in [1.54, 1.807) is 0 Å². The third-order valence-corrected chi connectivity index (χ3v) is 4.34. The molecule has 19 heavy (non-hydrogen) atoms. The number of nitrogens with one attached hydrogen (secondary N) is 1. The molecule has 3 nitrogen and oxygen atoms in total. The lowest BCUT2D eigenvalue weighted by Crippen LogP contribution is -2.53. The highest BCUT2D eigenvalue weighted by Gasteiger charge is 2.31. The molecule has 1 fully saturated rings. The summed E-state index contributed by atoms with van der Waals surface area (Å²) in [6, 6.07) is 1.37. The van der Waals surface area contributed by atoms with Crippen LogP contribution in [0.15, 0.2) is 0 Å². The molecule has 0 saturated heterocycles. The van der Waals surface area contributed by atoms with E-state index in [0.717, 1.165) is 38.8 Å². The molecule has 1 rings (SSSR count). The molecule has 114 valence electrons. The van der Waals surface area contributed by atoms with Crippen LogP contribution in [0.25, 0.3) is 0 Å². The van der Waals surface area contributed by atoms with Gasteiger partial charge in [0.05, 0.1) is 6.61 Å². The van der Waals surface area contributed by atoms with Crippen molar-refractivity contribution in [3.05, 3.63) is 0 Å². The Morgan fingerprint density at radius 3 is 2.63 bits per heavy atom. The fraction of sp³-hybridized carbons (Fsp3) is 1.00. The van der Waals surface area contributed by atoms with E-state index in [2.05, 4.69) is 37.9 Å². The highest BCUT2D eigenvalue weighted by Crippen LogP contribution is 2.27. The first-order valence-corrected chi connectivity index (χ1v) is 8.28. The van der Waals surface area contributed by atoms with E-state index in [4.69, 9.17) is 4.74 Å². The molecule has 1 aliphatic rings. The van der Waals surface area contributed by atoms with Crippen LogP contribution in [-0.2, 0) is 4.74 Å². The van der Waals surface area contributed by atoms with Gasteiger partial charge in [-0.1, -0.05) is 20.8 Å². The lowest BCUT2D eigenvalue weighted by molar-refractivity contribution is 0.0623. The van der Waals surface area contributed by atoms with Gasteiger partial charge in [-0.2, -0.15) is 0 Å². The summed E-state index contributed by atoms with van der Waals surface area (Å²) in [5.41, 5.74) is 0. The molecule has 1 N–H and O–H groups in total. The summed E-state index contributed by atoms with van der Waals surface area (Å²) in [7, 11) is 0. The van der Waals surface area contributed by atoms with Crippen molar-refractivity contribution in [2.24, 2.45) is 5.92 Å². The molecule has 0 radical (unpaired) electrons. The summed E-state index contributed by atoms with van der Waals surface area (Å²) in [6.45, 7) is 14.1. The summed E-state index contributed by atoms with van der Waals surface area (Å²) in [4.78, 5) is 2.62. The minimum Gasteiger partial charge on any atom is -0.380 e. The minimum absolute atomic E-state index is 0.678. The Hall–Kier alpha value is -0.120. The van der Waals surface area contributed by atoms with Gasteiger partial charge in [0.15, 0.2) is 0 Å². The van der Waals surface area contributed by atoms with Gasteiger partial charge in [-0.3, -0.25) is 4.90 Å². The molecule has 3 heteroatoms. The number of likely N-dealkylation sites (N-methyl/N-ethyl adjacent to an activating group) is 1. The molecule has 1 aliphatic carbocycles. The second-order valence-electron chi connectivity index (χ2n) is 5.87. The molecule has 0 aromatic rings. The van der Waals surface area contributed by atoms with Gasteiger partial charge in [0, 0.05) is 25.2 Å². The van der Waals surface area contributed by atoms with Gasteiger partial charge in [0.2, 0.25) is 0 Å². The van der Waals surface area contributed by atoms with Crippen molar-refractivity contribution < 1.29 is 4.74 Å². The van der Waals surface area contributed by atoms with Crippen molar-refractivity contribution >= 4 is 0 Å². The lowest BCUT2D eigenvalue weighted by Gasteiger charge is -2.42. The maximum Gasteiger partial charge on any atom is 0.0593 e. The molecular weight excluding hydrogens is 236 g/mol. The number of nitrogens with zero attached hydrogens (tertiary/aromatic N) is 1. The quantitative estimate of drug-likeness (QED) is 0.652. The van der Waals surface area contributed by atoms with E-state index in [-0.39, 0.29) is 0 Å². The average molecular weight is 270 g/mol. The van der Waals surface area contributed by atoms with Crippen LogP contribution in [0.2, 0.25) is 0 Å². The van der Waals surface area contributed by atoms with Crippen molar-refractivity contribution in [1.29, 1.82) is 0 Å². The number of rotatable bonds is 9. The van der Waals surface area contributed by atoms with Crippen molar-refractivity contribution in [2.45, 2.75) is 65.5 Å². The molecule has 0 aromatic carbocycles. The Bertz CT molecular complexity index is 221. The Labute approximate surface area is 120 Å². The molecular formula is C16H34N2O. The van der Waals surface area contributed by atoms with Crippen LogP contribution < -0.4 is 5.32 Å². The van der Waals surface area contributed by atoms with Gasteiger partial charge in [-0.25, -0.2) is 0 Å². The first kappa shape index (κ1) is 16.9. The van der Waals surface area contributed by atoms with E-state index < -0.39 is 0 Å². The van der Waals surface area contributed by atoms with Crippen LogP contribution in [0.4, 0.5) is 0 Å². The Balaban J connectivity index is 2.53. The summed E-state index contributed by atoms with van der Waals surface area (Å²) in [5, 5.41) is 3.76. The van der Waals surface area contributed by atoms with Gasteiger partial charge < -0.3 is 10.1 Å². The maximum atomic E-state index is 5.54. The lowest BCUT2D eigenvalue weighted by atomic mass is 9.82. The zero-order valence-corrected chi connectivity index (χ0v) is 13.5. The van der Waals surface area contributed by atoms with Crippen LogP contribution in [0.5, 0.6) is 0 Å². The molecule has 0 spiro atoms. The van der Waals surface area contributed by atoms with Crippen LogP contribution in [-0.4, -0.2) is 49.8 Å². The van der Waals surface area contributed by atoms with Crippen LogP contribution in [0.3, 0.4) is 0 Å². The highest BCUT2D eigenvalue weighted by molar-refractivity contribution is 4.90. The standard InChI is InChI=1S/C16H34N2O/c1-5-10-17-15-9-8-14(4)13-16(15)18(6-2)11-12-19-7-3/h14-17H,5-13H2,1-4H3. The third kappa shape index (κ3) is 5.80. The molecule has 0 aromatic heterocycles. The molecule has 1 saturated carbocycles. The first-order chi connectivity index (χ1) is 9.22. The van der Waals surface area contributed by atoms with E-state index >= 15 is 0 Å². The zero-order valence-electron chi connectivity index (χ0n) is 13.5. The fourth-order valence-electron chi connectivity index (χ4n) is 3.21. The summed E-state index contributed by atoms with van der Waals surface area (Å²) >= 11 is 0. The summed E-state index contributed by atoms with van der Waals surface area (Å²) in [5.74, 6) is 0.867. The van der Waals surface area contributed by atoms with Crippen molar-refractivity contribution in [1.82, 2.24) is 10.2 Å². The van der Waals surface area contributed by atoms with Crippen molar-refractivity contribution in [3.8, 4) is 0 Å². The van der Waals surface area contributed by atoms with Crippen LogP contribution in [0.1, 0.15) is 53.4 Å². The minimum atomic E-state index is 0.678. The van der Waals surface area contributed by atoms with Gasteiger partial charge >= 0.3 is 0 Å². The second-order valence-corrected chi connectivity index (χ2v) is 5.87. The largest absolute Gasteiger partial charge is 0.380 e. The molecule has 0 bridgehead atoms. The van der Waals surface area contributed by atoms with Gasteiger partial charge in [-0.05, 0) is 51.6 Å². The Morgan fingerprint density at radius 1 is 1.21 bits per heavy atom. The molecule has 3 atom stereocenters. The Kier molecular flexibility index (Phi) is 8.67. The van der Waals surface area contributed by atoms with E-state index in [0.29, 0.717) is 12.1 Å². The predicted octanol–water partition coefficient (Wildman–Crippen LogP) is 2.90. The highest BCUT2D eigenvalue weighted by atomic mass is 16.5. The van der Waals surface area contributed by atoms with Crippen molar-refractivity contribution in [2.75, 3.05) is 32.8 Å². The smallest absolute Gasteiger partial charge is 0.0593 e. The fourth-order valence-corrected chi connectivity index (χ4v) is 3.21. The Morgan fingerprint density at radius 2 is 2.00 bits per heavy atom. The SMILES string of the molecule is CCCNC1CCC(C)CC1N(CC)CCOCC. The molecule has 0 aliphatic heterocycles. The summed E-state index contributed by atoms with van der Waals surface area (Å²) < 4.78 is 5.54. The number of ether oxygens (including phenoxy) is 1. The average Bonchev–Trinajstić information content (AvgIpc) is 2.42. The van der Waals surface area contributed by atoms with Gasteiger partial charge in [0.1, 0.15) is 0 Å². The first-order valence-electron chi connectivity index (χ1n) is 8.28. The third-order valence-electron chi connectivity index (χ3n) is 4.34. The van der Waals surface area contributed by atoms with Crippen LogP contribution in [0, 0.1) is 5.92 Å². The predicted molar refractivity (Wildman–Crippen MR) is 82.6 cm³/mol. The van der Waals surface area contributed by atoms with Gasteiger partial charge in [0.25, 0.3) is 0 Å². The molecule has 0 heterocycles. The molecule has 3 unspecified atom stereocenters. The van der Waals surface area contributed by atoms with E-state index in [1.165, 1.54) is 25.7 Å². The number of hydrogen-bond donors (Lipinski definition) is 1. The summed E-state index contributed by atoms with van der Waals surface area (Å²) in [6.07, 6.45) is 5.27. The normalized spacial score (nSPS) is 27.9. The zero-order chi connectivity index (χ0) is 14.1. The van der Waals surface area contributed by atoms with E-state index in [1.807, 2.05) is 0 Å². The maximum absolute atomic E-state index is 5.54. The van der Waals surface area contributed by atoms with Gasteiger partial charge in [-0.15, -0.1) is 0 Å². The number of hydrogen-bond acceptors (Lipinski definition) is 3. The molecule has 0 amide bonds. The van der Waals surface area contributed by atoms with Crippen LogP contribution >= 0.6 is 0 Å². The van der Waals surface area contributed by atoms with Crippen molar-refractivity contribution in [3.63, 3.8) is 0 Å². The topological polar surface area (TPSA) is 24.5 Å². The van der Waals surface area contributed by atoms with E-state index in [9.17, 15) is 0 Å². The second kappa shape index (κ2) is 9.73.